The van der Waals surface area contributed by atoms with Crippen LogP contribution in [0, 0.1) is 11.8 Å². The number of imidazole rings is 1. The van der Waals surface area contributed by atoms with Gasteiger partial charge in [0.1, 0.15) is 5.41 Å². The van der Waals surface area contributed by atoms with E-state index in [1.165, 1.54) is 0 Å². The lowest BCUT2D eigenvalue weighted by molar-refractivity contribution is -0.140. The molecule has 1 aromatic heterocycles. The molecule has 3 rings (SSSR count). The molecule has 3 unspecified atom stereocenters. The number of alkyl halides is 1. The number of hydrogen-bond acceptors (Lipinski definition) is 3. The monoisotopic (exact) mass is 425 g/mol. The van der Waals surface area contributed by atoms with Gasteiger partial charge in [0.25, 0.3) is 0 Å². The van der Waals surface area contributed by atoms with E-state index in [4.69, 9.17) is 5.73 Å². The molecule has 0 amide bonds. The largest absolute Gasteiger partial charge is 0.481 e. The van der Waals surface area contributed by atoms with Crippen molar-refractivity contribution < 1.29 is 9.90 Å². The molecule has 0 radical (unpaired) electrons. The maximum Gasteiger partial charge on any atom is 0.316 e. The highest BCUT2D eigenvalue weighted by atomic mass is 127. The number of halogens is 1. The average molecular weight is 425 g/mol. The summed E-state index contributed by atoms with van der Waals surface area (Å²) < 4.78 is 2.81. The molecule has 2 aromatic rings. The van der Waals surface area contributed by atoms with Gasteiger partial charge in [-0.15, -0.1) is 0 Å². The smallest absolute Gasteiger partial charge is 0.316 e. The summed E-state index contributed by atoms with van der Waals surface area (Å²) in [5, 5.41) is 9.84. The van der Waals surface area contributed by atoms with Crippen LogP contribution in [-0.4, -0.2) is 31.6 Å². The van der Waals surface area contributed by atoms with E-state index in [2.05, 4.69) is 27.6 Å². The minimum Gasteiger partial charge on any atom is -0.481 e. The van der Waals surface area contributed by atoms with E-state index < -0.39 is 11.4 Å². The van der Waals surface area contributed by atoms with Crippen molar-refractivity contribution in [2.75, 3.05) is 11.0 Å². The van der Waals surface area contributed by atoms with Crippen LogP contribution >= 0.6 is 22.6 Å². The Morgan fingerprint density at radius 3 is 2.83 bits per heavy atom. The molecule has 23 heavy (non-hydrogen) atoms. The lowest BCUT2D eigenvalue weighted by Crippen LogP contribution is -2.27. The van der Waals surface area contributed by atoms with Crippen molar-refractivity contribution in [3.05, 3.63) is 48.5 Å². The molecule has 0 spiro atoms. The van der Waals surface area contributed by atoms with Gasteiger partial charge in [-0.1, -0.05) is 40.8 Å². The number of carboxylic acids is 1. The normalized spacial score (nSPS) is 24.3. The number of nitrogens with zero attached hydrogens (tertiary/aromatic N) is 2. The van der Waals surface area contributed by atoms with Gasteiger partial charge >= 0.3 is 5.97 Å². The first-order valence-electron chi connectivity index (χ1n) is 7.72. The number of rotatable bonds is 7. The van der Waals surface area contributed by atoms with Crippen molar-refractivity contribution in [2.45, 2.75) is 18.3 Å². The fourth-order valence-corrected chi connectivity index (χ4v) is 4.46. The van der Waals surface area contributed by atoms with Crippen LogP contribution in [0.2, 0.25) is 0 Å². The Hall–Kier alpha value is -1.41. The first-order valence-corrected chi connectivity index (χ1v) is 9.25. The molecule has 3 N–H and O–H groups in total. The summed E-state index contributed by atoms with van der Waals surface area (Å²) in [6.07, 6.45) is 5.08. The highest BCUT2D eigenvalue weighted by Crippen LogP contribution is 2.58. The summed E-state index contributed by atoms with van der Waals surface area (Å²) in [6, 6.07) is 9.82. The minimum absolute atomic E-state index is 0.125. The third kappa shape index (κ3) is 2.89. The zero-order valence-corrected chi connectivity index (χ0v) is 14.9. The van der Waals surface area contributed by atoms with Gasteiger partial charge in [-0.2, -0.15) is 0 Å². The third-order valence-corrected chi connectivity index (χ3v) is 5.93. The van der Waals surface area contributed by atoms with Crippen LogP contribution in [0.4, 0.5) is 0 Å². The fraction of sp³-hybridized carbons (Fsp3) is 0.412. The number of carboxylic acid groups (broad SMARTS) is 1. The van der Waals surface area contributed by atoms with E-state index in [-0.39, 0.29) is 5.92 Å². The Bertz CT molecular complexity index is 688. The summed E-state index contributed by atoms with van der Waals surface area (Å²) >= 11 is 2.33. The Morgan fingerprint density at radius 1 is 1.48 bits per heavy atom. The van der Waals surface area contributed by atoms with Crippen LogP contribution in [-0.2, 0) is 10.2 Å². The lowest BCUT2D eigenvalue weighted by Gasteiger charge is -2.16. The predicted molar refractivity (Wildman–Crippen MR) is 97.0 cm³/mol. The molecule has 1 fully saturated rings. The third-order valence-electron chi connectivity index (χ3n) is 4.80. The number of aliphatic carboxylic acids is 1. The molecule has 0 bridgehead atoms. The average Bonchev–Trinajstić information content (AvgIpc) is 3.13. The number of hydrogen-bond donors (Lipinski definition) is 2. The standard InChI is InChI=1S/C17H20IN3O2/c18-9-12(6-7-19)14-8-17(14,16(22)23)15-10-21(11-20-15)13-4-2-1-3-5-13/h1-5,10-12,14H,6-9,19H2,(H,22,23). The van der Waals surface area contributed by atoms with Crippen LogP contribution in [0.3, 0.4) is 0 Å². The van der Waals surface area contributed by atoms with Gasteiger partial charge in [-0.25, -0.2) is 4.98 Å². The van der Waals surface area contributed by atoms with Gasteiger partial charge in [-0.05, 0) is 43.4 Å². The second-order valence-electron chi connectivity index (χ2n) is 6.08. The number of aromatic nitrogens is 2. The van der Waals surface area contributed by atoms with Crippen molar-refractivity contribution in [3.63, 3.8) is 0 Å². The van der Waals surface area contributed by atoms with Gasteiger partial charge in [0, 0.05) is 16.3 Å². The lowest BCUT2D eigenvalue weighted by atomic mass is 9.91. The van der Waals surface area contributed by atoms with Crippen LogP contribution in [0.15, 0.2) is 42.9 Å². The van der Waals surface area contributed by atoms with Gasteiger partial charge < -0.3 is 15.4 Å². The highest BCUT2D eigenvalue weighted by molar-refractivity contribution is 14.1. The molecule has 0 saturated heterocycles. The molecule has 1 aromatic carbocycles. The molecule has 0 aliphatic heterocycles. The first-order chi connectivity index (χ1) is 11.1. The Balaban J connectivity index is 1.90. The van der Waals surface area contributed by atoms with Crippen LogP contribution in [0.5, 0.6) is 0 Å². The van der Waals surface area contributed by atoms with Crippen molar-refractivity contribution in [3.8, 4) is 5.69 Å². The number of benzene rings is 1. The molecule has 6 heteroatoms. The highest BCUT2D eigenvalue weighted by Gasteiger charge is 2.65. The molecule has 3 atom stereocenters. The van der Waals surface area contributed by atoms with Crippen LogP contribution in [0.25, 0.3) is 5.69 Å². The van der Waals surface area contributed by atoms with Crippen molar-refractivity contribution >= 4 is 28.6 Å². The van der Waals surface area contributed by atoms with Gasteiger partial charge in [0.2, 0.25) is 0 Å². The molecule has 5 nitrogen and oxygen atoms in total. The van der Waals surface area contributed by atoms with Crippen molar-refractivity contribution in [2.24, 2.45) is 17.6 Å². The molecule has 1 heterocycles. The number of nitrogens with two attached hydrogens (primary N) is 1. The van der Waals surface area contributed by atoms with Crippen molar-refractivity contribution in [1.82, 2.24) is 9.55 Å². The summed E-state index contributed by atoms with van der Waals surface area (Å²) in [6.45, 7) is 0.596. The summed E-state index contributed by atoms with van der Waals surface area (Å²) in [5.74, 6) is -0.314. The van der Waals surface area contributed by atoms with Crippen LogP contribution in [0.1, 0.15) is 18.5 Å². The Labute approximate surface area is 149 Å². The maximum atomic E-state index is 12.0. The van der Waals surface area contributed by atoms with Crippen molar-refractivity contribution in [1.29, 1.82) is 0 Å². The predicted octanol–water partition coefficient (Wildman–Crippen LogP) is 2.61. The second-order valence-corrected chi connectivity index (χ2v) is 6.96. The Morgan fingerprint density at radius 2 is 2.22 bits per heavy atom. The first kappa shape index (κ1) is 16.4. The number of carbonyl (C=O) groups is 1. The maximum absolute atomic E-state index is 12.0. The van der Waals surface area contributed by atoms with Gasteiger partial charge in [-0.3, -0.25) is 4.79 Å². The molecular formula is C17H20IN3O2. The number of para-hydroxylation sites is 1. The Kier molecular flexibility index (Phi) is 4.72. The molecule has 1 aliphatic rings. The van der Waals surface area contributed by atoms with E-state index in [1.807, 2.05) is 41.1 Å². The fourth-order valence-electron chi connectivity index (χ4n) is 3.40. The molecule has 1 saturated carbocycles. The van der Waals surface area contributed by atoms with Gasteiger partial charge in [0.05, 0.1) is 12.0 Å². The molecular weight excluding hydrogens is 405 g/mol. The summed E-state index contributed by atoms with van der Waals surface area (Å²) in [5.41, 5.74) is 6.48. The quantitative estimate of drug-likeness (QED) is 0.528. The molecule has 122 valence electrons. The van der Waals surface area contributed by atoms with E-state index in [9.17, 15) is 9.90 Å². The van der Waals surface area contributed by atoms with E-state index in [0.29, 0.717) is 24.6 Å². The van der Waals surface area contributed by atoms with E-state index >= 15 is 0 Å². The summed E-state index contributed by atoms with van der Waals surface area (Å²) in [4.78, 5) is 16.4. The minimum atomic E-state index is -0.842. The zero-order chi connectivity index (χ0) is 16.4. The van der Waals surface area contributed by atoms with Gasteiger partial charge in [0.15, 0.2) is 0 Å². The topological polar surface area (TPSA) is 81.1 Å². The van der Waals surface area contributed by atoms with Crippen LogP contribution < -0.4 is 5.73 Å². The molecule has 1 aliphatic carbocycles. The van der Waals surface area contributed by atoms with E-state index in [1.54, 1.807) is 6.33 Å². The second kappa shape index (κ2) is 6.60. The SMILES string of the molecule is NCCC(CI)C1CC1(C(=O)O)c1cn(-c2ccccc2)cn1. The summed E-state index contributed by atoms with van der Waals surface area (Å²) in [7, 11) is 0. The zero-order valence-electron chi connectivity index (χ0n) is 12.7. The van der Waals surface area contributed by atoms with E-state index in [0.717, 1.165) is 16.5 Å².